The molecule has 0 aliphatic rings. The van der Waals surface area contributed by atoms with Crippen molar-refractivity contribution in [3.8, 4) is 0 Å². The van der Waals surface area contributed by atoms with Gasteiger partial charge in [-0.25, -0.2) is 14.0 Å². The van der Waals surface area contributed by atoms with Crippen LogP contribution in [0.5, 0.6) is 0 Å². The number of halogens is 1. The highest BCUT2D eigenvalue weighted by Gasteiger charge is 2.22. The minimum absolute atomic E-state index is 0.134. The molecule has 0 heterocycles. The second kappa shape index (κ2) is 5.26. The van der Waals surface area contributed by atoms with E-state index in [1.807, 2.05) is 0 Å². The van der Waals surface area contributed by atoms with E-state index in [0.29, 0.717) is 0 Å². The second-order valence-electron chi connectivity index (χ2n) is 5.05. The van der Waals surface area contributed by atoms with Gasteiger partial charge in [-0.3, -0.25) is 5.32 Å². The molecule has 6 heteroatoms. The van der Waals surface area contributed by atoms with E-state index in [1.165, 1.54) is 19.1 Å². The number of ether oxygens (including phenoxy) is 1. The van der Waals surface area contributed by atoms with Gasteiger partial charge in [-0.2, -0.15) is 0 Å². The van der Waals surface area contributed by atoms with Gasteiger partial charge in [-0.15, -0.1) is 0 Å². The zero-order chi connectivity index (χ0) is 14.8. The second-order valence-corrected chi connectivity index (χ2v) is 5.05. The summed E-state index contributed by atoms with van der Waals surface area (Å²) in [6.07, 6.45) is -0.835. The number of hydrogen-bond acceptors (Lipinski definition) is 3. The summed E-state index contributed by atoms with van der Waals surface area (Å²) in [5.74, 6) is -2.33. The maximum absolute atomic E-state index is 13.7. The number of amides is 1. The average molecular weight is 269 g/mol. The molecule has 0 bridgehead atoms. The van der Waals surface area contributed by atoms with E-state index >= 15 is 0 Å². The van der Waals surface area contributed by atoms with Crippen LogP contribution in [-0.4, -0.2) is 22.8 Å². The third kappa shape index (κ3) is 3.94. The number of carbonyl (C=O) groups excluding carboxylic acids is 1. The summed E-state index contributed by atoms with van der Waals surface area (Å²) in [6.45, 7) is 6.44. The summed E-state index contributed by atoms with van der Waals surface area (Å²) in [6, 6.07) is 2.71. The number of aromatic carboxylic acids is 1. The number of rotatable bonds is 2. The van der Waals surface area contributed by atoms with E-state index in [-0.39, 0.29) is 11.3 Å². The zero-order valence-corrected chi connectivity index (χ0v) is 11.2. The first kappa shape index (κ1) is 14.9. The lowest BCUT2D eigenvalue weighted by atomic mass is 10.1. The van der Waals surface area contributed by atoms with Gasteiger partial charge in [0.15, 0.2) is 0 Å². The summed E-state index contributed by atoms with van der Waals surface area (Å²) in [5, 5.41) is 11.2. The van der Waals surface area contributed by atoms with Gasteiger partial charge in [-0.1, -0.05) is 6.07 Å². The SMILES string of the molecule is Cc1ccc(NC(=O)OC(C)(C)C)c(C(=O)O)c1F. The number of carboxylic acid groups (broad SMARTS) is 1. The van der Waals surface area contributed by atoms with Crippen LogP contribution in [0.15, 0.2) is 12.1 Å². The van der Waals surface area contributed by atoms with Crippen LogP contribution in [-0.2, 0) is 4.74 Å². The maximum Gasteiger partial charge on any atom is 0.412 e. The van der Waals surface area contributed by atoms with Gasteiger partial charge in [0.2, 0.25) is 0 Å². The van der Waals surface area contributed by atoms with Gasteiger partial charge < -0.3 is 9.84 Å². The molecule has 0 fully saturated rings. The van der Waals surface area contributed by atoms with Crippen molar-refractivity contribution in [2.24, 2.45) is 0 Å². The van der Waals surface area contributed by atoms with E-state index in [0.717, 1.165) is 0 Å². The molecule has 0 aromatic heterocycles. The Morgan fingerprint density at radius 2 is 1.89 bits per heavy atom. The fourth-order valence-corrected chi connectivity index (χ4v) is 1.41. The number of carbonyl (C=O) groups is 2. The minimum atomic E-state index is -1.45. The number of anilines is 1. The van der Waals surface area contributed by atoms with Crippen molar-refractivity contribution >= 4 is 17.7 Å². The quantitative estimate of drug-likeness (QED) is 0.864. The van der Waals surface area contributed by atoms with Gasteiger partial charge in [0, 0.05) is 0 Å². The van der Waals surface area contributed by atoms with Crippen LogP contribution in [0.2, 0.25) is 0 Å². The van der Waals surface area contributed by atoms with Crippen LogP contribution in [0.1, 0.15) is 36.7 Å². The molecule has 0 atom stereocenters. The Bertz CT molecular complexity index is 520. The molecule has 0 aliphatic heterocycles. The third-order valence-corrected chi connectivity index (χ3v) is 2.18. The van der Waals surface area contributed by atoms with Crippen molar-refractivity contribution in [1.82, 2.24) is 0 Å². The first-order valence-electron chi connectivity index (χ1n) is 5.64. The molecule has 1 amide bonds. The Morgan fingerprint density at radius 3 is 2.37 bits per heavy atom. The maximum atomic E-state index is 13.7. The molecular weight excluding hydrogens is 253 g/mol. The Kier molecular flexibility index (Phi) is 4.14. The van der Waals surface area contributed by atoms with Crippen LogP contribution in [0, 0.1) is 12.7 Å². The normalized spacial score (nSPS) is 11.0. The van der Waals surface area contributed by atoms with E-state index in [9.17, 15) is 14.0 Å². The average Bonchev–Trinajstić information content (AvgIpc) is 2.20. The van der Waals surface area contributed by atoms with Gasteiger partial charge in [0.05, 0.1) is 5.69 Å². The first-order chi connectivity index (χ1) is 8.61. The largest absolute Gasteiger partial charge is 0.478 e. The zero-order valence-electron chi connectivity index (χ0n) is 11.2. The molecule has 0 saturated carbocycles. The first-order valence-corrected chi connectivity index (χ1v) is 5.64. The minimum Gasteiger partial charge on any atom is -0.478 e. The summed E-state index contributed by atoms with van der Waals surface area (Å²) < 4.78 is 18.7. The number of hydrogen-bond donors (Lipinski definition) is 2. The standard InChI is InChI=1S/C13H16FNO4/c1-7-5-6-8(9(10(7)14)11(16)17)15-12(18)19-13(2,3)4/h5-6H,1-4H3,(H,15,18)(H,16,17). The summed E-state index contributed by atoms with van der Waals surface area (Å²) in [7, 11) is 0. The predicted molar refractivity (Wildman–Crippen MR) is 68.0 cm³/mol. The Hall–Kier alpha value is -2.11. The van der Waals surface area contributed by atoms with E-state index in [1.54, 1.807) is 20.8 Å². The van der Waals surface area contributed by atoms with Crippen molar-refractivity contribution < 1.29 is 23.8 Å². The predicted octanol–water partition coefficient (Wildman–Crippen LogP) is 3.18. The molecule has 104 valence electrons. The van der Waals surface area contributed by atoms with Crippen molar-refractivity contribution in [2.45, 2.75) is 33.3 Å². The highest BCUT2D eigenvalue weighted by atomic mass is 19.1. The van der Waals surface area contributed by atoms with Gasteiger partial charge in [0.1, 0.15) is 17.0 Å². The van der Waals surface area contributed by atoms with E-state index in [2.05, 4.69) is 5.32 Å². The van der Waals surface area contributed by atoms with Gasteiger partial charge in [-0.05, 0) is 39.3 Å². The van der Waals surface area contributed by atoms with E-state index in [4.69, 9.17) is 9.84 Å². The van der Waals surface area contributed by atoms with Crippen molar-refractivity contribution in [3.05, 3.63) is 29.1 Å². The Balaban J connectivity index is 3.05. The van der Waals surface area contributed by atoms with Crippen molar-refractivity contribution in [1.29, 1.82) is 0 Å². The molecule has 1 rings (SSSR count). The van der Waals surface area contributed by atoms with Gasteiger partial charge >= 0.3 is 12.1 Å². The molecule has 0 saturated heterocycles. The lowest BCUT2D eigenvalue weighted by Crippen LogP contribution is -2.28. The molecule has 0 aliphatic carbocycles. The molecule has 1 aromatic carbocycles. The Labute approximate surface area is 110 Å². The summed E-state index contributed by atoms with van der Waals surface area (Å²) in [4.78, 5) is 22.6. The van der Waals surface area contributed by atoms with E-state index < -0.39 is 29.0 Å². The molecule has 5 nitrogen and oxygen atoms in total. The van der Waals surface area contributed by atoms with Crippen LogP contribution >= 0.6 is 0 Å². The monoisotopic (exact) mass is 269 g/mol. The highest BCUT2D eigenvalue weighted by molar-refractivity contribution is 5.99. The van der Waals surface area contributed by atoms with Crippen LogP contribution in [0.25, 0.3) is 0 Å². The molecule has 1 aromatic rings. The van der Waals surface area contributed by atoms with Crippen molar-refractivity contribution in [2.75, 3.05) is 5.32 Å². The Morgan fingerprint density at radius 1 is 1.32 bits per heavy atom. The van der Waals surface area contributed by atoms with Crippen LogP contribution in [0.4, 0.5) is 14.9 Å². The fraction of sp³-hybridized carbons (Fsp3) is 0.385. The molecule has 0 spiro atoms. The van der Waals surface area contributed by atoms with Crippen molar-refractivity contribution in [3.63, 3.8) is 0 Å². The van der Waals surface area contributed by atoms with Crippen LogP contribution in [0.3, 0.4) is 0 Å². The third-order valence-electron chi connectivity index (χ3n) is 2.18. The fourth-order valence-electron chi connectivity index (χ4n) is 1.41. The number of nitrogens with one attached hydrogen (secondary N) is 1. The molecule has 2 N–H and O–H groups in total. The summed E-state index contributed by atoms with van der Waals surface area (Å²) >= 11 is 0. The molecular formula is C13H16FNO4. The smallest absolute Gasteiger partial charge is 0.412 e. The van der Waals surface area contributed by atoms with Gasteiger partial charge in [0.25, 0.3) is 0 Å². The lowest BCUT2D eigenvalue weighted by Gasteiger charge is -2.20. The lowest BCUT2D eigenvalue weighted by molar-refractivity contribution is 0.0636. The molecule has 0 radical (unpaired) electrons. The number of carboxylic acids is 1. The summed E-state index contributed by atoms with van der Waals surface area (Å²) in [5.41, 5.74) is -1.25. The molecule has 19 heavy (non-hydrogen) atoms. The van der Waals surface area contributed by atoms with Crippen LogP contribution < -0.4 is 5.32 Å². The molecule has 0 unspecified atom stereocenters. The highest BCUT2D eigenvalue weighted by Crippen LogP contribution is 2.23. The topological polar surface area (TPSA) is 75.6 Å². The number of aryl methyl sites for hydroxylation is 1. The number of benzene rings is 1.